The highest BCUT2D eigenvalue weighted by atomic mass is 32.1. The summed E-state index contributed by atoms with van der Waals surface area (Å²) in [5, 5.41) is 14.7. The van der Waals surface area contributed by atoms with Crippen LogP contribution in [0.25, 0.3) is 0 Å². The SMILES string of the molecule is Cc1[nH]ncc1CCCNC(=O)NC(C)c1cccs1. The summed E-state index contributed by atoms with van der Waals surface area (Å²) < 4.78 is 0. The first-order valence-electron chi connectivity index (χ1n) is 6.73. The van der Waals surface area contributed by atoms with Crippen LogP contribution >= 0.6 is 11.3 Å². The Kier molecular flexibility index (Phi) is 5.17. The second-order valence-electron chi connectivity index (χ2n) is 4.76. The third-order valence-corrected chi connectivity index (χ3v) is 4.22. The van der Waals surface area contributed by atoms with Crippen molar-refractivity contribution in [3.05, 3.63) is 39.8 Å². The first kappa shape index (κ1) is 14.6. The largest absolute Gasteiger partial charge is 0.338 e. The fourth-order valence-electron chi connectivity index (χ4n) is 1.96. The minimum Gasteiger partial charge on any atom is -0.338 e. The van der Waals surface area contributed by atoms with E-state index in [9.17, 15) is 4.79 Å². The van der Waals surface area contributed by atoms with Crippen LogP contribution in [0.3, 0.4) is 0 Å². The average Bonchev–Trinajstić information content (AvgIpc) is 3.06. The molecule has 0 saturated carbocycles. The molecule has 2 heterocycles. The Bertz CT molecular complexity index is 535. The van der Waals surface area contributed by atoms with E-state index >= 15 is 0 Å². The molecule has 20 heavy (non-hydrogen) atoms. The van der Waals surface area contributed by atoms with E-state index in [4.69, 9.17) is 0 Å². The number of nitrogens with zero attached hydrogens (tertiary/aromatic N) is 1. The standard InChI is InChI=1S/C14H20N4OS/c1-10-12(9-16-18-10)5-3-7-15-14(19)17-11(2)13-6-4-8-20-13/h4,6,8-9,11H,3,5,7H2,1-2H3,(H,16,18)(H2,15,17,19). The third-order valence-electron chi connectivity index (χ3n) is 3.16. The Morgan fingerprint density at radius 3 is 3.05 bits per heavy atom. The minimum absolute atomic E-state index is 0.0473. The van der Waals surface area contributed by atoms with Gasteiger partial charge in [0.15, 0.2) is 0 Å². The lowest BCUT2D eigenvalue weighted by Gasteiger charge is -2.13. The number of hydrogen-bond acceptors (Lipinski definition) is 3. The number of thiophene rings is 1. The maximum atomic E-state index is 11.7. The molecule has 5 nitrogen and oxygen atoms in total. The number of H-pyrrole nitrogens is 1. The molecule has 0 fully saturated rings. The molecule has 6 heteroatoms. The number of nitrogens with one attached hydrogen (secondary N) is 3. The molecule has 2 amide bonds. The van der Waals surface area contributed by atoms with Crippen molar-refractivity contribution in [2.24, 2.45) is 0 Å². The summed E-state index contributed by atoms with van der Waals surface area (Å²) in [6, 6.07) is 3.95. The second-order valence-corrected chi connectivity index (χ2v) is 5.74. The Balaban J connectivity index is 1.64. The summed E-state index contributed by atoms with van der Waals surface area (Å²) in [6.07, 6.45) is 3.67. The van der Waals surface area contributed by atoms with Crippen molar-refractivity contribution in [3.8, 4) is 0 Å². The lowest BCUT2D eigenvalue weighted by Crippen LogP contribution is -2.37. The number of aryl methyl sites for hydroxylation is 2. The molecule has 2 aromatic heterocycles. The number of urea groups is 1. The number of rotatable bonds is 6. The van der Waals surface area contributed by atoms with Gasteiger partial charge in [-0.3, -0.25) is 5.10 Å². The first-order chi connectivity index (χ1) is 9.66. The monoisotopic (exact) mass is 292 g/mol. The van der Waals surface area contributed by atoms with E-state index in [-0.39, 0.29) is 12.1 Å². The highest BCUT2D eigenvalue weighted by Gasteiger charge is 2.09. The molecule has 0 spiro atoms. The quantitative estimate of drug-likeness (QED) is 0.717. The molecule has 0 saturated heterocycles. The smallest absolute Gasteiger partial charge is 0.315 e. The van der Waals surface area contributed by atoms with Crippen molar-refractivity contribution in [1.82, 2.24) is 20.8 Å². The van der Waals surface area contributed by atoms with Crippen LogP contribution in [0.4, 0.5) is 4.79 Å². The summed E-state index contributed by atoms with van der Waals surface area (Å²) in [6.45, 7) is 4.65. The van der Waals surface area contributed by atoms with Gasteiger partial charge < -0.3 is 10.6 Å². The van der Waals surface area contributed by atoms with E-state index in [1.54, 1.807) is 11.3 Å². The lowest BCUT2D eigenvalue weighted by atomic mass is 10.1. The van der Waals surface area contributed by atoms with Gasteiger partial charge in [0.05, 0.1) is 12.2 Å². The molecule has 0 bridgehead atoms. The van der Waals surface area contributed by atoms with Gasteiger partial charge in [0.25, 0.3) is 0 Å². The molecule has 0 radical (unpaired) electrons. The molecule has 1 unspecified atom stereocenters. The molecule has 108 valence electrons. The van der Waals surface area contributed by atoms with Crippen molar-refractivity contribution in [3.63, 3.8) is 0 Å². The number of carbonyl (C=O) groups excluding carboxylic acids is 1. The summed E-state index contributed by atoms with van der Waals surface area (Å²) in [5.41, 5.74) is 2.31. The highest BCUT2D eigenvalue weighted by Crippen LogP contribution is 2.17. The van der Waals surface area contributed by atoms with Gasteiger partial charge in [0.2, 0.25) is 0 Å². The normalized spacial score (nSPS) is 12.1. The highest BCUT2D eigenvalue weighted by molar-refractivity contribution is 7.10. The zero-order chi connectivity index (χ0) is 14.4. The van der Waals surface area contributed by atoms with E-state index in [0.29, 0.717) is 6.54 Å². The van der Waals surface area contributed by atoms with Gasteiger partial charge in [-0.2, -0.15) is 5.10 Å². The maximum Gasteiger partial charge on any atom is 0.315 e. The van der Waals surface area contributed by atoms with Gasteiger partial charge >= 0.3 is 6.03 Å². The van der Waals surface area contributed by atoms with Gasteiger partial charge in [-0.25, -0.2) is 4.79 Å². The van der Waals surface area contributed by atoms with E-state index in [1.165, 1.54) is 5.56 Å². The molecule has 1 atom stereocenters. The van der Waals surface area contributed by atoms with E-state index < -0.39 is 0 Å². The number of aromatic amines is 1. The zero-order valence-electron chi connectivity index (χ0n) is 11.8. The lowest BCUT2D eigenvalue weighted by molar-refractivity contribution is 0.238. The zero-order valence-corrected chi connectivity index (χ0v) is 12.6. The van der Waals surface area contributed by atoms with Crippen molar-refractivity contribution in [2.75, 3.05) is 6.54 Å². The Morgan fingerprint density at radius 1 is 1.55 bits per heavy atom. The summed E-state index contributed by atoms with van der Waals surface area (Å²) in [4.78, 5) is 12.9. The van der Waals surface area contributed by atoms with E-state index in [2.05, 4.69) is 20.8 Å². The molecule has 0 aliphatic heterocycles. The first-order valence-corrected chi connectivity index (χ1v) is 7.61. The molecule has 2 aromatic rings. The molecule has 0 aromatic carbocycles. The maximum absolute atomic E-state index is 11.7. The van der Waals surface area contributed by atoms with Gasteiger partial charge in [-0.15, -0.1) is 11.3 Å². The summed E-state index contributed by atoms with van der Waals surface area (Å²) in [5.74, 6) is 0. The van der Waals surface area contributed by atoms with Crippen LogP contribution in [0.5, 0.6) is 0 Å². The van der Waals surface area contributed by atoms with Crippen molar-refractivity contribution in [2.45, 2.75) is 32.7 Å². The average molecular weight is 292 g/mol. The van der Waals surface area contributed by atoms with Gasteiger partial charge in [0, 0.05) is 17.1 Å². The van der Waals surface area contributed by atoms with Gasteiger partial charge in [0.1, 0.15) is 0 Å². The molecule has 0 aliphatic rings. The number of aromatic nitrogens is 2. The third kappa shape index (κ3) is 4.09. The topological polar surface area (TPSA) is 69.8 Å². The van der Waals surface area contributed by atoms with Crippen LogP contribution < -0.4 is 10.6 Å². The Hall–Kier alpha value is -1.82. The Labute approximate surface area is 122 Å². The van der Waals surface area contributed by atoms with Crippen molar-refractivity contribution in [1.29, 1.82) is 0 Å². The molecular weight excluding hydrogens is 272 g/mol. The van der Waals surface area contributed by atoms with E-state index in [1.807, 2.05) is 37.6 Å². The molecule has 2 rings (SSSR count). The number of carbonyl (C=O) groups is 1. The molecule has 0 aliphatic carbocycles. The van der Waals surface area contributed by atoms with Gasteiger partial charge in [-0.05, 0) is 43.7 Å². The number of amides is 2. The summed E-state index contributed by atoms with van der Waals surface area (Å²) >= 11 is 1.65. The predicted molar refractivity (Wildman–Crippen MR) is 80.9 cm³/mol. The second kappa shape index (κ2) is 7.09. The van der Waals surface area contributed by atoms with Crippen LogP contribution in [0.1, 0.15) is 35.5 Å². The number of hydrogen-bond donors (Lipinski definition) is 3. The van der Waals surface area contributed by atoms with Crippen LogP contribution in [-0.2, 0) is 6.42 Å². The summed E-state index contributed by atoms with van der Waals surface area (Å²) in [7, 11) is 0. The van der Waals surface area contributed by atoms with Gasteiger partial charge in [-0.1, -0.05) is 6.07 Å². The fourth-order valence-corrected chi connectivity index (χ4v) is 2.70. The van der Waals surface area contributed by atoms with Crippen molar-refractivity contribution >= 4 is 17.4 Å². The Morgan fingerprint density at radius 2 is 2.40 bits per heavy atom. The molecule has 3 N–H and O–H groups in total. The minimum atomic E-state index is -0.116. The van der Waals surface area contributed by atoms with Crippen LogP contribution in [-0.4, -0.2) is 22.8 Å². The van der Waals surface area contributed by atoms with Crippen LogP contribution in [0.15, 0.2) is 23.7 Å². The van der Waals surface area contributed by atoms with E-state index in [0.717, 1.165) is 23.4 Å². The fraction of sp³-hybridized carbons (Fsp3) is 0.429. The van der Waals surface area contributed by atoms with Crippen molar-refractivity contribution < 1.29 is 4.79 Å². The van der Waals surface area contributed by atoms with Crippen LogP contribution in [0, 0.1) is 6.92 Å². The van der Waals surface area contributed by atoms with Crippen LogP contribution in [0.2, 0.25) is 0 Å². The predicted octanol–water partition coefficient (Wildman–Crippen LogP) is 2.77. The molecular formula is C14H20N4OS.